The highest BCUT2D eigenvalue weighted by Gasteiger charge is 2.33. The van der Waals surface area contributed by atoms with Crippen molar-refractivity contribution in [3.8, 4) is 0 Å². The lowest BCUT2D eigenvalue weighted by atomic mass is 9.87. The molecule has 1 amide bonds. The standard InChI is InChI=1S/C14H19BrN2O3/c1-3-16-8-10(15)6-12(16)13(18)17-5-4-11(14(19)20)9(2)7-17/h6,8-9,11H,3-5,7H2,1-2H3,(H,19,20). The van der Waals surface area contributed by atoms with Crippen molar-refractivity contribution in [1.29, 1.82) is 0 Å². The van der Waals surface area contributed by atoms with E-state index in [1.807, 2.05) is 30.7 Å². The van der Waals surface area contributed by atoms with Crippen molar-refractivity contribution in [2.75, 3.05) is 13.1 Å². The summed E-state index contributed by atoms with van der Waals surface area (Å²) in [5, 5.41) is 9.12. The maximum atomic E-state index is 12.6. The number of piperidine rings is 1. The van der Waals surface area contributed by atoms with Crippen molar-refractivity contribution < 1.29 is 14.7 Å². The highest BCUT2D eigenvalue weighted by Crippen LogP contribution is 2.25. The summed E-state index contributed by atoms with van der Waals surface area (Å²) in [5.74, 6) is -1.14. The predicted molar refractivity (Wildman–Crippen MR) is 78.6 cm³/mol. The van der Waals surface area contributed by atoms with Crippen LogP contribution in [-0.2, 0) is 11.3 Å². The molecule has 110 valence electrons. The van der Waals surface area contributed by atoms with Gasteiger partial charge in [0.15, 0.2) is 0 Å². The molecule has 1 N–H and O–H groups in total. The monoisotopic (exact) mass is 342 g/mol. The van der Waals surface area contributed by atoms with Gasteiger partial charge in [0.05, 0.1) is 5.92 Å². The van der Waals surface area contributed by atoms with Crippen LogP contribution in [-0.4, -0.2) is 39.5 Å². The van der Waals surface area contributed by atoms with Gasteiger partial charge in [-0.1, -0.05) is 6.92 Å². The summed E-state index contributed by atoms with van der Waals surface area (Å²) >= 11 is 3.39. The van der Waals surface area contributed by atoms with Crippen LogP contribution >= 0.6 is 15.9 Å². The third-order valence-electron chi connectivity index (χ3n) is 3.93. The van der Waals surface area contributed by atoms with Gasteiger partial charge in [-0.3, -0.25) is 9.59 Å². The Hall–Kier alpha value is -1.30. The molecule has 0 spiro atoms. The van der Waals surface area contributed by atoms with E-state index in [2.05, 4.69) is 15.9 Å². The van der Waals surface area contributed by atoms with Crippen molar-refractivity contribution in [2.45, 2.75) is 26.8 Å². The Morgan fingerprint density at radius 3 is 2.75 bits per heavy atom. The largest absolute Gasteiger partial charge is 0.481 e. The third-order valence-corrected chi connectivity index (χ3v) is 4.37. The maximum absolute atomic E-state index is 12.6. The molecule has 20 heavy (non-hydrogen) atoms. The van der Waals surface area contributed by atoms with Gasteiger partial charge in [0, 0.05) is 30.3 Å². The Morgan fingerprint density at radius 2 is 2.20 bits per heavy atom. The van der Waals surface area contributed by atoms with Gasteiger partial charge in [0.1, 0.15) is 5.69 Å². The molecule has 0 aliphatic carbocycles. The van der Waals surface area contributed by atoms with E-state index in [-0.39, 0.29) is 17.7 Å². The molecule has 0 radical (unpaired) electrons. The van der Waals surface area contributed by atoms with Crippen molar-refractivity contribution in [3.63, 3.8) is 0 Å². The predicted octanol–water partition coefficient (Wildman–Crippen LogP) is 2.45. The maximum Gasteiger partial charge on any atom is 0.306 e. The minimum Gasteiger partial charge on any atom is -0.481 e. The number of nitrogens with zero attached hydrogens (tertiary/aromatic N) is 2. The first kappa shape index (κ1) is 15.1. The van der Waals surface area contributed by atoms with E-state index in [9.17, 15) is 9.59 Å². The molecule has 0 saturated carbocycles. The van der Waals surface area contributed by atoms with Crippen molar-refractivity contribution in [2.24, 2.45) is 11.8 Å². The molecule has 0 aromatic carbocycles. The van der Waals surface area contributed by atoms with Gasteiger partial charge >= 0.3 is 5.97 Å². The molecule has 1 aromatic heterocycles. The van der Waals surface area contributed by atoms with E-state index in [4.69, 9.17) is 5.11 Å². The topological polar surface area (TPSA) is 62.5 Å². The second kappa shape index (κ2) is 5.99. The Bertz CT molecular complexity index is 526. The minimum absolute atomic E-state index is 0.0151. The van der Waals surface area contributed by atoms with Gasteiger partial charge < -0.3 is 14.6 Å². The molecule has 5 nitrogen and oxygen atoms in total. The lowest BCUT2D eigenvalue weighted by Gasteiger charge is -2.35. The molecule has 0 bridgehead atoms. The number of carbonyl (C=O) groups is 2. The van der Waals surface area contributed by atoms with Crippen LogP contribution in [0.25, 0.3) is 0 Å². The van der Waals surface area contributed by atoms with E-state index >= 15 is 0 Å². The Balaban J connectivity index is 2.13. The highest BCUT2D eigenvalue weighted by atomic mass is 79.9. The van der Waals surface area contributed by atoms with Gasteiger partial charge in [-0.15, -0.1) is 0 Å². The third kappa shape index (κ3) is 2.90. The normalized spacial score (nSPS) is 22.9. The quantitative estimate of drug-likeness (QED) is 0.917. The van der Waals surface area contributed by atoms with E-state index in [0.29, 0.717) is 25.2 Å². The molecule has 2 unspecified atom stereocenters. The van der Waals surface area contributed by atoms with E-state index in [1.165, 1.54) is 0 Å². The van der Waals surface area contributed by atoms with Gasteiger partial charge in [-0.2, -0.15) is 0 Å². The van der Waals surface area contributed by atoms with Crippen LogP contribution in [0.2, 0.25) is 0 Å². The number of aromatic nitrogens is 1. The summed E-state index contributed by atoms with van der Waals surface area (Å²) in [7, 11) is 0. The van der Waals surface area contributed by atoms with Gasteiger partial charge in [0.2, 0.25) is 0 Å². The lowest BCUT2D eigenvalue weighted by Crippen LogP contribution is -2.45. The molecule has 2 rings (SSSR count). The number of carboxylic acid groups (broad SMARTS) is 1. The second-order valence-electron chi connectivity index (χ2n) is 5.29. The van der Waals surface area contributed by atoms with Crippen LogP contribution in [0.4, 0.5) is 0 Å². The Kier molecular flexibility index (Phi) is 4.52. The smallest absolute Gasteiger partial charge is 0.306 e. The highest BCUT2D eigenvalue weighted by molar-refractivity contribution is 9.10. The number of carbonyl (C=O) groups excluding carboxylic acids is 1. The molecule has 1 fully saturated rings. The van der Waals surface area contributed by atoms with Crippen molar-refractivity contribution >= 4 is 27.8 Å². The molecule has 1 saturated heterocycles. The molecular formula is C14H19BrN2O3. The second-order valence-corrected chi connectivity index (χ2v) is 6.21. The fourth-order valence-electron chi connectivity index (χ4n) is 2.77. The number of hydrogen-bond donors (Lipinski definition) is 1. The van der Waals surface area contributed by atoms with Crippen LogP contribution in [0.3, 0.4) is 0 Å². The molecule has 2 heterocycles. The average Bonchev–Trinajstić information content (AvgIpc) is 2.78. The van der Waals surface area contributed by atoms with Crippen LogP contribution in [0.1, 0.15) is 30.8 Å². The van der Waals surface area contributed by atoms with Crippen LogP contribution < -0.4 is 0 Å². The van der Waals surface area contributed by atoms with E-state index in [1.54, 1.807) is 4.90 Å². The molecule has 6 heteroatoms. The number of aliphatic carboxylic acids is 1. The molecular weight excluding hydrogens is 324 g/mol. The lowest BCUT2D eigenvalue weighted by molar-refractivity contribution is -0.145. The number of likely N-dealkylation sites (tertiary alicyclic amines) is 1. The number of aryl methyl sites for hydroxylation is 1. The van der Waals surface area contributed by atoms with E-state index in [0.717, 1.165) is 11.0 Å². The summed E-state index contributed by atoms with van der Waals surface area (Å²) in [4.78, 5) is 25.4. The number of carboxylic acids is 1. The SMILES string of the molecule is CCn1cc(Br)cc1C(=O)N1CCC(C(=O)O)C(C)C1. The summed E-state index contributed by atoms with van der Waals surface area (Å²) in [6, 6.07) is 1.82. The minimum atomic E-state index is -0.760. The Labute approximate surface area is 126 Å². The average molecular weight is 343 g/mol. The number of hydrogen-bond acceptors (Lipinski definition) is 2. The first-order valence-electron chi connectivity index (χ1n) is 6.81. The first-order chi connectivity index (χ1) is 9.43. The fraction of sp³-hybridized carbons (Fsp3) is 0.571. The molecule has 1 aliphatic heterocycles. The summed E-state index contributed by atoms with van der Waals surface area (Å²) < 4.78 is 2.79. The number of rotatable bonds is 3. The zero-order valence-electron chi connectivity index (χ0n) is 11.7. The summed E-state index contributed by atoms with van der Waals surface area (Å²) in [5.41, 5.74) is 0.653. The summed E-state index contributed by atoms with van der Waals surface area (Å²) in [6.45, 7) is 5.62. The van der Waals surface area contributed by atoms with Gasteiger partial charge in [-0.05, 0) is 41.3 Å². The summed E-state index contributed by atoms with van der Waals surface area (Å²) in [6.07, 6.45) is 2.41. The van der Waals surface area contributed by atoms with Crippen LogP contribution in [0.5, 0.6) is 0 Å². The number of amides is 1. The Morgan fingerprint density at radius 1 is 1.50 bits per heavy atom. The van der Waals surface area contributed by atoms with Crippen LogP contribution in [0.15, 0.2) is 16.7 Å². The van der Waals surface area contributed by atoms with Crippen molar-refractivity contribution in [1.82, 2.24) is 9.47 Å². The van der Waals surface area contributed by atoms with Crippen molar-refractivity contribution in [3.05, 3.63) is 22.4 Å². The fourth-order valence-corrected chi connectivity index (χ4v) is 3.24. The van der Waals surface area contributed by atoms with Gasteiger partial charge in [-0.25, -0.2) is 0 Å². The first-order valence-corrected chi connectivity index (χ1v) is 7.61. The van der Waals surface area contributed by atoms with E-state index < -0.39 is 5.97 Å². The number of halogens is 1. The molecule has 1 aromatic rings. The zero-order valence-corrected chi connectivity index (χ0v) is 13.3. The molecule has 2 atom stereocenters. The van der Waals surface area contributed by atoms with Crippen LogP contribution in [0, 0.1) is 11.8 Å². The zero-order chi connectivity index (χ0) is 14.9. The van der Waals surface area contributed by atoms with Gasteiger partial charge in [0.25, 0.3) is 5.91 Å². The molecule has 1 aliphatic rings.